The molecule has 2 N–H and O–H groups in total. The van der Waals surface area contributed by atoms with E-state index < -0.39 is 0 Å². The third kappa shape index (κ3) is 4.77. The van der Waals surface area contributed by atoms with Crippen molar-refractivity contribution in [2.75, 3.05) is 30.4 Å². The predicted molar refractivity (Wildman–Crippen MR) is 135 cm³/mol. The minimum Gasteiger partial charge on any atom is -0.497 e. The Bertz CT molecular complexity index is 1440. The molecule has 0 unspecified atom stereocenters. The molecule has 0 amide bonds. The zero-order valence-electron chi connectivity index (χ0n) is 20.3. The largest absolute Gasteiger partial charge is 0.497 e. The van der Waals surface area contributed by atoms with E-state index >= 15 is 0 Å². The van der Waals surface area contributed by atoms with Crippen LogP contribution in [0.3, 0.4) is 0 Å². The molecule has 1 aliphatic rings. The van der Waals surface area contributed by atoms with Crippen molar-refractivity contribution >= 4 is 28.7 Å². The maximum Gasteiger partial charge on any atom is 0.252 e. The maximum atomic E-state index is 12.4. The number of rotatable bonds is 5. The van der Waals surface area contributed by atoms with Gasteiger partial charge in [0.25, 0.3) is 5.56 Å². The summed E-state index contributed by atoms with van der Waals surface area (Å²) in [6, 6.07) is 7.05. The number of aromatic nitrogens is 6. The van der Waals surface area contributed by atoms with Crippen LogP contribution < -0.4 is 20.5 Å². The van der Waals surface area contributed by atoms with Gasteiger partial charge < -0.3 is 9.64 Å². The van der Waals surface area contributed by atoms with Gasteiger partial charge in [0, 0.05) is 36.3 Å². The van der Waals surface area contributed by atoms with Gasteiger partial charge in [-0.15, -0.1) is 0 Å². The molecular weight excluding hydrogens is 444 g/mol. The molecule has 10 nitrogen and oxygen atoms in total. The van der Waals surface area contributed by atoms with Crippen molar-refractivity contribution in [3.8, 4) is 17.0 Å². The Morgan fingerprint density at radius 3 is 2.60 bits per heavy atom. The van der Waals surface area contributed by atoms with Crippen LogP contribution in [0.2, 0.25) is 0 Å². The van der Waals surface area contributed by atoms with Crippen LogP contribution in [0.15, 0.2) is 35.3 Å². The van der Waals surface area contributed by atoms with Crippen LogP contribution in [0.1, 0.15) is 31.2 Å². The molecule has 0 aliphatic carbocycles. The standard InChI is InChI=1S/C25H28N8O2/c1-14-7-9-33(10-8-14)25-26-13-19(16(3)28-25)21-12-22(34)31-24(30-21)32-23-27-15(2)18-11-17(35-4)5-6-20(18)29-23/h5-6,11-14H,7-10H2,1-4H3,(H2,27,29,30,31,32,34). The topological polar surface area (TPSA) is 122 Å². The van der Waals surface area contributed by atoms with Gasteiger partial charge in [-0.05, 0) is 50.8 Å². The van der Waals surface area contributed by atoms with Crippen molar-refractivity contribution in [2.45, 2.75) is 33.6 Å². The van der Waals surface area contributed by atoms with E-state index in [-0.39, 0.29) is 11.5 Å². The van der Waals surface area contributed by atoms with Crippen molar-refractivity contribution in [2.24, 2.45) is 5.92 Å². The number of hydrogen-bond donors (Lipinski definition) is 2. The highest BCUT2D eigenvalue weighted by Crippen LogP contribution is 2.26. The van der Waals surface area contributed by atoms with E-state index in [9.17, 15) is 4.79 Å². The summed E-state index contributed by atoms with van der Waals surface area (Å²) in [4.78, 5) is 40.3. The molecule has 0 atom stereocenters. The summed E-state index contributed by atoms with van der Waals surface area (Å²) in [5.74, 6) is 2.77. The second-order valence-electron chi connectivity index (χ2n) is 8.96. The van der Waals surface area contributed by atoms with Gasteiger partial charge in [-0.25, -0.2) is 24.9 Å². The number of nitrogens with one attached hydrogen (secondary N) is 2. The first-order valence-electron chi connectivity index (χ1n) is 11.7. The number of aromatic amines is 1. The molecule has 1 saturated heterocycles. The molecule has 1 aromatic carbocycles. The summed E-state index contributed by atoms with van der Waals surface area (Å²) in [5, 5.41) is 3.92. The van der Waals surface area contributed by atoms with Gasteiger partial charge in [-0.3, -0.25) is 15.1 Å². The van der Waals surface area contributed by atoms with Gasteiger partial charge in [-0.1, -0.05) is 6.92 Å². The lowest BCUT2D eigenvalue weighted by Gasteiger charge is -2.30. The summed E-state index contributed by atoms with van der Waals surface area (Å²) in [5.41, 5.74) is 3.19. The molecule has 35 heavy (non-hydrogen) atoms. The van der Waals surface area contributed by atoms with Gasteiger partial charge in [0.2, 0.25) is 17.8 Å². The Labute approximate surface area is 202 Å². The molecule has 5 rings (SSSR count). The highest BCUT2D eigenvalue weighted by Gasteiger charge is 2.19. The van der Waals surface area contributed by atoms with Crippen LogP contribution in [0.25, 0.3) is 22.2 Å². The summed E-state index contributed by atoms with van der Waals surface area (Å²) in [7, 11) is 1.62. The molecule has 180 valence electrons. The lowest BCUT2D eigenvalue weighted by molar-refractivity contribution is 0.415. The number of nitrogens with zero attached hydrogens (tertiary/aromatic N) is 6. The van der Waals surface area contributed by atoms with E-state index in [1.165, 1.54) is 6.07 Å². The molecule has 3 aromatic heterocycles. The quantitative estimate of drug-likeness (QED) is 0.447. The molecule has 0 spiro atoms. The van der Waals surface area contributed by atoms with Gasteiger partial charge in [0.1, 0.15) is 5.75 Å². The lowest BCUT2D eigenvalue weighted by atomic mass is 10.00. The number of piperidine rings is 1. The minimum absolute atomic E-state index is 0.244. The van der Waals surface area contributed by atoms with E-state index in [1.807, 2.05) is 32.0 Å². The smallest absolute Gasteiger partial charge is 0.252 e. The Morgan fingerprint density at radius 1 is 1.06 bits per heavy atom. The average Bonchev–Trinajstić information content (AvgIpc) is 2.84. The lowest BCUT2D eigenvalue weighted by Crippen LogP contribution is -2.34. The number of ether oxygens (including phenoxy) is 1. The Hall–Kier alpha value is -4.08. The molecule has 1 fully saturated rings. The predicted octanol–water partition coefficient (Wildman–Crippen LogP) is 3.78. The van der Waals surface area contributed by atoms with Crippen LogP contribution in [0, 0.1) is 19.8 Å². The van der Waals surface area contributed by atoms with Crippen LogP contribution in [0.5, 0.6) is 5.75 Å². The number of aryl methyl sites for hydroxylation is 2. The minimum atomic E-state index is -0.298. The molecule has 4 aromatic rings. The second kappa shape index (κ2) is 9.28. The number of benzene rings is 1. The zero-order valence-corrected chi connectivity index (χ0v) is 20.3. The van der Waals surface area contributed by atoms with Crippen LogP contribution >= 0.6 is 0 Å². The fourth-order valence-electron chi connectivity index (χ4n) is 4.27. The van der Waals surface area contributed by atoms with Crippen molar-refractivity contribution in [1.29, 1.82) is 0 Å². The highest BCUT2D eigenvalue weighted by atomic mass is 16.5. The fourth-order valence-corrected chi connectivity index (χ4v) is 4.27. The molecule has 4 heterocycles. The summed E-state index contributed by atoms with van der Waals surface area (Å²) >= 11 is 0. The highest BCUT2D eigenvalue weighted by molar-refractivity contribution is 5.83. The number of methoxy groups -OCH3 is 1. The van der Waals surface area contributed by atoms with Gasteiger partial charge in [-0.2, -0.15) is 0 Å². The second-order valence-corrected chi connectivity index (χ2v) is 8.96. The molecule has 10 heteroatoms. The number of anilines is 3. The number of hydrogen-bond acceptors (Lipinski definition) is 9. The third-order valence-electron chi connectivity index (χ3n) is 6.37. The molecular formula is C25H28N8O2. The monoisotopic (exact) mass is 472 g/mol. The summed E-state index contributed by atoms with van der Waals surface area (Å²) in [6.07, 6.45) is 4.02. The summed E-state index contributed by atoms with van der Waals surface area (Å²) < 4.78 is 5.29. The van der Waals surface area contributed by atoms with Crippen LogP contribution in [0.4, 0.5) is 17.8 Å². The average molecular weight is 473 g/mol. The Balaban J connectivity index is 1.43. The number of H-pyrrole nitrogens is 1. The van der Waals surface area contributed by atoms with Crippen LogP contribution in [-0.2, 0) is 0 Å². The van der Waals surface area contributed by atoms with Crippen molar-refractivity contribution in [3.63, 3.8) is 0 Å². The first kappa shape index (κ1) is 22.7. The molecule has 0 radical (unpaired) electrons. The maximum absolute atomic E-state index is 12.4. The molecule has 0 saturated carbocycles. The van der Waals surface area contributed by atoms with E-state index in [0.29, 0.717) is 17.2 Å². The first-order valence-corrected chi connectivity index (χ1v) is 11.7. The third-order valence-corrected chi connectivity index (χ3v) is 6.37. The molecule has 1 aliphatic heterocycles. The fraction of sp³-hybridized carbons (Fsp3) is 0.360. The van der Waals surface area contributed by atoms with Crippen molar-refractivity contribution < 1.29 is 4.74 Å². The van der Waals surface area contributed by atoms with E-state index in [1.54, 1.807) is 13.3 Å². The van der Waals surface area contributed by atoms with E-state index in [0.717, 1.165) is 65.8 Å². The zero-order chi connectivity index (χ0) is 24.5. The number of fused-ring (bicyclic) bond motifs is 1. The van der Waals surface area contributed by atoms with Gasteiger partial charge >= 0.3 is 0 Å². The normalized spacial score (nSPS) is 14.3. The first-order chi connectivity index (χ1) is 16.9. The van der Waals surface area contributed by atoms with Gasteiger partial charge in [0.15, 0.2) is 0 Å². The Kier molecular flexibility index (Phi) is 6.02. The van der Waals surface area contributed by atoms with Crippen molar-refractivity contribution in [1.82, 2.24) is 29.9 Å². The van der Waals surface area contributed by atoms with Crippen molar-refractivity contribution in [3.05, 3.63) is 52.2 Å². The Morgan fingerprint density at radius 2 is 1.86 bits per heavy atom. The van der Waals surface area contributed by atoms with Crippen LogP contribution in [-0.4, -0.2) is 50.1 Å². The SMILES string of the molecule is COc1ccc2nc(Nc3nc(-c4cnc(N5CCC(C)CC5)nc4C)cc(=O)[nH]3)nc(C)c2c1. The molecule has 0 bridgehead atoms. The van der Waals surface area contributed by atoms with Gasteiger partial charge in [0.05, 0.1) is 29.7 Å². The van der Waals surface area contributed by atoms with E-state index in [2.05, 4.69) is 42.1 Å². The van der Waals surface area contributed by atoms with E-state index in [4.69, 9.17) is 9.72 Å². The summed E-state index contributed by atoms with van der Waals surface area (Å²) in [6.45, 7) is 7.99.